The molecule has 0 bridgehead atoms. The Morgan fingerprint density at radius 1 is 1.45 bits per heavy atom. The van der Waals surface area contributed by atoms with E-state index in [1.807, 2.05) is 19.0 Å². The van der Waals surface area contributed by atoms with E-state index in [2.05, 4.69) is 15.6 Å². The molecule has 2 rings (SSSR count). The van der Waals surface area contributed by atoms with Crippen LogP contribution in [0.4, 0.5) is 5.82 Å². The summed E-state index contributed by atoms with van der Waals surface area (Å²) in [6, 6.07) is 2.92. The maximum absolute atomic E-state index is 12.2. The van der Waals surface area contributed by atoms with Crippen molar-refractivity contribution in [3.8, 4) is 0 Å². The Hall–Kier alpha value is -2.11. The van der Waals surface area contributed by atoms with Gasteiger partial charge in [0.2, 0.25) is 5.91 Å². The van der Waals surface area contributed by atoms with E-state index in [-0.39, 0.29) is 11.8 Å². The topological polar surface area (TPSA) is 74.3 Å². The van der Waals surface area contributed by atoms with Gasteiger partial charge in [0.1, 0.15) is 11.9 Å². The van der Waals surface area contributed by atoms with E-state index < -0.39 is 6.04 Å². The molecule has 1 aromatic heterocycles. The van der Waals surface area contributed by atoms with Crippen LogP contribution < -0.4 is 15.5 Å². The van der Waals surface area contributed by atoms with Crippen LogP contribution in [-0.4, -0.2) is 43.5 Å². The lowest BCUT2D eigenvalue weighted by molar-refractivity contribution is -0.122. The van der Waals surface area contributed by atoms with Gasteiger partial charge in [0.25, 0.3) is 5.91 Å². The van der Waals surface area contributed by atoms with Crippen LogP contribution in [0.25, 0.3) is 0 Å². The first-order valence-corrected chi connectivity index (χ1v) is 6.80. The van der Waals surface area contributed by atoms with Crippen LogP contribution in [0.1, 0.15) is 29.6 Å². The molecule has 0 radical (unpaired) electrons. The smallest absolute Gasteiger partial charge is 0.252 e. The highest BCUT2D eigenvalue weighted by Crippen LogP contribution is 2.11. The summed E-state index contributed by atoms with van der Waals surface area (Å²) < 4.78 is 0. The second kappa shape index (κ2) is 6.36. The minimum Gasteiger partial charge on any atom is -0.363 e. The van der Waals surface area contributed by atoms with Crippen LogP contribution in [0.15, 0.2) is 18.3 Å². The van der Waals surface area contributed by atoms with Gasteiger partial charge in [-0.25, -0.2) is 4.98 Å². The van der Waals surface area contributed by atoms with Crippen LogP contribution in [0, 0.1) is 0 Å². The Bertz CT molecular complexity index is 502. The minimum atomic E-state index is -0.444. The van der Waals surface area contributed by atoms with Crippen molar-refractivity contribution < 1.29 is 9.59 Å². The second-order valence-corrected chi connectivity index (χ2v) is 5.11. The monoisotopic (exact) mass is 276 g/mol. The van der Waals surface area contributed by atoms with Crippen LogP contribution in [0.2, 0.25) is 0 Å². The molecule has 2 N–H and O–H groups in total. The SMILES string of the molecule is CN(C)c1cc(C(=O)NC2CCCCNC2=O)ccn1. The average molecular weight is 276 g/mol. The standard InChI is InChI=1S/C14H20N4O2/c1-18(2)12-9-10(6-8-15-12)13(19)17-11-5-3-4-7-16-14(11)20/h6,8-9,11H,3-5,7H2,1-2H3,(H,16,20)(H,17,19). The number of anilines is 1. The fraction of sp³-hybridized carbons (Fsp3) is 0.500. The lowest BCUT2D eigenvalue weighted by Crippen LogP contribution is -2.45. The number of pyridine rings is 1. The van der Waals surface area contributed by atoms with E-state index in [9.17, 15) is 9.59 Å². The molecular weight excluding hydrogens is 256 g/mol. The van der Waals surface area contributed by atoms with Gasteiger partial charge < -0.3 is 15.5 Å². The van der Waals surface area contributed by atoms with Gasteiger partial charge >= 0.3 is 0 Å². The number of hydrogen-bond acceptors (Lipinski definition) is 4. The third-order valence-corrected chi connectivity index (χ3v) is 3.31. The zero-order chi connectivity index (χ0) is 14.5. The molecule has 0 aromatic carbocycles. The molecule has 2 heterocycles. The fourth-order valence-corrected chi connectivity index (χ4v) is 2.12. The third-order valence-electron chi connectivity index (χ3n) is 3.31. The quantitative estimate of drug-likeness (QED) is 0.845. The first-order valence-electron chi connectivity index (χ1n) is 6.80. The average Bonchev–Trinajstić information content (AvgIpc) is 2.64. The fourth-order valence-electron chi connectivity index (χ4n) is 2.12. The van der Waals surface area contributed by atoms with Gasteiger partial charge in [-0.1, -0.05) is 0 Å². The summed E-state index contributed by atoms with van der Waals surface area (Å²) in [5.74, 6) is 0.373. The van der Waals surface area contributed by atoms with Crippen LogP contribution >= 0.6 is 0 Å². The lowest BCUT2D eigenvalue weighted by atomic mass is 10.1. The predicted molar refractivity (Wildman–Crippen MR) is 76.7 cm³/mol. The largest absolute Gasteiger partial charge is 0.363 e. The van der Waals surface area contributed by atoms with Crippen LogP contribution in [0.5, 0.6) is 0 Å². The zero-order valence-corrected chi connectivity index (χ0v) is 11.8. The number of hydrogen-bond donors (Lipinski definition) is 2. The molecule has 2 amide bonds. The first-order chi connectivity index (χ1) is 9.58. The number of rotatable bonds is 3. The van der Waals surface area contributed by atoms with E-state index in [0.29, 0.717) is 24.3 Å². The molecule has 20 heavy (non-hydrogen) atoms. The van der Waals surface area contributed by atoms with E-state index in [1.165, 1.54) is 0 Å². The highest BCUT2D eigenvalue weighted by atomic mass is 16.2. The van der Waals surface area contributed by atoms with Gasteiger partial charge in [-0.2, -0.15) is 0 Å². The maximum atomic E-state index is 12.2. The molecule has 1 unspecified atom stereocenters. The third kappa shape index (κ3) is 3.46. The van der Waals surface area contributed by atoms with Gasteiger partial charge in [0.15, 0.2) is 0 Å². The molecule has 108 valence electrons. The van der Waals surface area contributed by atoms with Crippen molar-refractivity contribution >= 4 is 17.6 Å². The minimum absolute atomic E-state index is 0.0993. The molecule has 1 fully saturated rings. The van der Waals surface area contributed by atoms with Gasteiger partial charge in [-0.05, 0) is 31.4 Å². The number of nitrogens with one attached hydrogen (secondary N) is 2. The molecule has 6 nitrogen and oxygen atoms in total. The lowest BCUT2D eigenvalue weighted by Gasteiger charge is -2.16. The summed E-state index contributed by atoms with van der Waals surface area (Å²) in [5.41, 5.74) is 0.515. The van der Waals surface area contributed by atoms with Gasteiger partial charge in [-0.15, -0.1) is 0 Å². The highest BCUT2D eigenvalue weighted by molar-refractivity contribution is 5.98. The molecule has 1 saturated heterocycles. The van der Waals surface area contributed by atoms with Crippen LogP contribution in [0.3, 0.4) is 0 Å². The van der Waals surface area contributed by atoms with Crippen molar-refractivity contribution in [2.75, 3.05) is 25.5 Å². The summed E-state index contributed by atoms with van der Waals surface area (Å²) in [7, 11) is 3.73. The molecule has 1 aliphatic heterocycles. The number of aromatic nitrogens is 1. The van der Waals surface area contributed by atoms with Crippen molar-refractivity contribution in [1.29, 1.82) is 0 Å². The molecule has 1 aromatic rings. The van der Waals surface area contributed by atoms with E-state index >= 15 is 0 Å². The maximum Gasteiger partial charge on any atom is 0.252 e. The van der Waals surface area contributed by atoms with Crippen molar-refractivity contribution in [3.63, 3.8) is 0 Å². The second-order valence-electron chi connectivity index (χ2n) is 5.11. The van der Waals surface area contributed by atoms with Gasteiger partial charge in [-0.3, -0.25) is 9.59 Å². The Morgan fingerprint density at radius 2 is 2.25 bits per heavy atom. The van der Waals surface area contributed by atoms with Crippen molar-refractivity contribution in [2.24, 2.45) is 0 Å². The molecule has 6 heteroatoms. The zero-order valence-electron chi connectivity index (χ0n) is 11.8. The Labute approximate surface area is 118 Å². The molecule has 0 spiro atoms. The first kappa shape index (κ1) is 14.3. The van der Waals surface area contributed by atoms with Gasteiger partial charge in [0, 0.05) is 32.4 Å². The number of carbonyl (C=O) groups excluding carboxylic acids is 2. The van der Waals surface area contributed by atoms with Crippen molar-refractivity contribution in [1.82, 2.24) is 15.6 Å². The van der Waals surface area contributed by atoms with E-state index in [1.54, 1.807) is 18.3 Å². The van der Waals surface area contributed by atoms with Crippen molar-refractivity contribution in [3.05, 3.63) is 23.9 Å². The normalized spacial score (nSPS) is 18.9. The molecular formula is C14H20N4O2. The van der Waals surface area contributed by atoms with Crippen LogP contribution in [-0.2, 0) is 4.79 Å². The summed E-state index contributed by atoms with van der Waals surface area (Å²) in [5, 5.41) is 5.60. The van der Waals surface area contributed by atoms with Crippen molar-refractivity contribution in [2.45, 2.75) is 25.3 Å². The number of amides is 2. The number of nitrogens with zero attached hydrogens (tertiary/aromatic N) is 2. The Balaban J connectivity index is 2.07. The molecule has 0 saturated carbocycles. The summed E-state index contributed by atoms with van der Waals surface area (Å²) in [4.78, 5) is 30.0. The molecule has 0 aliphatic carbocycles. The summed E-state index contributed by atoms with van der Waals surface area (Å²) in [6.45, 7) is 0.686. The summed E-state index contributed by atoms with van der Waals surface area (Å²) >= 11 is 0. The Kier molecular flexibility index (Phi) is 4.55. The molecule has 1 atom stereocenters. The number of carbonyl (C=O) groups is 2. The Morgan fingerprint density at radius 3 is 3.00 bits per heavy atom. The predicted octanol–water partition coefficient (Wildman–Crippen LogP) is 0.546. The van der Waals surface area contributed by atoms with E-state index in [4.69, 9.17) is 0 Å². The molecule has 1 aliphatic rings. The highest BCUT2D eigenvalue weighted by Gasteiger charge is 2.23. The summed E-state index contributed by atoms with van der Waals surface area (Å²) in [6.07, 6.45) is 4.17. The van der Waals surface area contributed by atoms with Gasteiger partial charge in [0.05, 0.1) is 0 Å². The van der Waals surface area contributed by atoms with E-state index in [0.717, 1.165) is 12.8 Å².